The summed E-state index contributed by atoms with van der Waals surface area (Å²) in [5.41, 5.74) is 2.60. The van der Waals surface area contributed by atoms with Gasteiger partial charge in [-0.1, -0.05) is 29.8 Å². The lowest BCUT2D eigenvalue weighted by molar-refractivity contribution is -0.122. The molecule has 1 atom stereocenters. The second-order valence-electron chi connectivity index (χ2n) is 6.36. The molecule has 0 aliphatic heterocycles. The Morgan fingerprint density at radius 2 is 2.04 bits per heavy atom. The second kappa shape index (κ2) is 9.24. The van der Waals surface area contributed by atoms with Crippen molar-refractivity contribution >= 4 is 23.2 Å². The lowest BCUT2D eigenvalue weighted by Crippen LogP contribution is -2.30. The molecule has 5 nitrogen and oxygen atoms in total. The van der Waals surface area contributed by atoms with Crippen LogP contribution < -0.4 is 14.8 Å². The number of nitrogens with one attached hydrogen (secondary N) is 1. The Balaban J connectivity index is 1.59. The highest BCUT2D eigenvalue weighted by Crippen LogP contribution is 2.26. The van der Waals surface area contributed by atoms with Crippen LogP contribution in [0.2, 0.25) is 5.02 Å². The number of aromatic nitrogens is 1. The Bertz CT molecular complexity index is 948. The normalized spacial score (nSPS) is 11.5. The lowest BCUT2D eigenvalue weighted by Gasteiger charge is -2.16. The third kappa shape index (κ3) is 5.47. The average molecular weight is 397 g/mol. The summed E-state index contributed by atoms with van der Waals surface area (Å²) in [6.45, 7) is 4.01. The number of rotatable bonds is 7. The second-order valence-corrected chi connectivity index (χ2v) is 6.77. The molecule has 144 valence electrons. The van der Waals surface area contributed by atoms with Crippen molar-refractivity contribution in [3.63, 3.8) is 0 Å². The van der Waals surface area contributed by atoms with Crippen LogP contribution in [0.3, 0.4) is 0 Å². The van der Waals surface area contributed by atoms with E-state index in [2.05, 4.69) is 10.3 Å². The monoisotopic (exact) mass is 396 g/mol. The maximum atomic E-state index is 12.5. The molecule has 1 heterocycles. The smallest absolute Gasteiger partial charge is 0.265 e. The van der Waals surface area contributed by atoms with Gasteiger partial charge in [0.25, 0.3) is 5.91 Å². The van der Waals surface area contributed by atoms with E-state index < -0.39 is 6.10 Å². The number of carbonyl (C=O) groups excluding carboxylic acids is 1. The fraction of sp³-hybridized carbons (Fsp3) is 0.182. The quantitative estimate of drug-likeness (QED) is 0.608. The lowest BCUT2D eigenvalue weighted by atomic mass is 10.2. The number of anilines is 1. The minimum absolute atomic E-state index is 0.276. The number of halogens is 1. The van der Waals surface area contributed by atoms with E-state index in [-0.39, 0.29) is 5.91 Å². The first-order valence-electron chi connectivity index (χ1n) is 8.87. The number of aryl methyl sites for hydroxylation is 1. The van der Waals surface area contributed by atoms with Gasteiger partial charge in [-0.2, -0.15) is 0 Å². The molecule has 3 aromatic rings. The number of hydrogen-bond donors (Lipinski definition) is 1. The van der Waals surface area contributed by atoms with Crippen molar-refractivity contribution in [1.82, 2.24) is 4.98 Å². The Morgan fingerprint density at radius 3 is 2.82 bits per heavy atom. The van der Waals surface area contributed by atoms with Crippen LogP contribution in [0.5, 0.6) is 11.5 Å². The van der Waals surface area contributed by atoms with E-state index in [4.69, 9.17) is 21.1 Å². The molecule has 0 aliphatic carbocycles. The molecule has 0 saturated carbocycles. The zero-order valence-corrected chi connectivity index (χ0v) is 16.4. The van der Waals surface area contributed by atoms with Crippen molar-refractivity contribution in [3.8, 4) is 11.5 Å². The van der Waals surface area contributed by atoms with Crippen LogP contribution in [0.4, 0.5) is 5.69 Å². The van der Waals surface area contributed by atoms with Gasteiger partial charge in [-0.25, -0.2) is 0 Å². The first kappa shape index (κ1) is 19.7. The summed E-state index contributed by atoms with van der Waals surface area (Å²) in [7, 11) is 0. The number of amides is 1. The largest absolute Gasteiger partial charge is 0.489 e. The summed E-state index contributed by atoms with van der Waals surface area (Å²) in [5.74, 6) is 0.858. The molecule has 0 spiro atoms. The van der Waals surface area contributed by atoms with Gasteiger partial charge in [0.2, 0.25) is 0 Å². The van der Waals surface area contributed by atoms with Crippen LogP contribution in [-0.2, 0) is 11.4 Å². The van der Waals surface area contributed by atoms with E-state index in [1.807, 2.05) is 37.3 Å². The Kier molecular flexibility index (Phi) is 6.50. The van der Waals surface area contributed by atoms with Crippen LogP contribution in [-0.4, -0.2) is 17.0 Å². The SMILES string of the molecule is Cc1ccc(Cl)c(OC(C)C(=O)Nc2cccc(OCc3cccnc3)c2)c1. The maximum Gasteiger partial charge on any atom is 0.265 e. The van der Waals surface area contributed by atoms with Crippen molar-refractivity contribution in [2.24, 2.45) is 0 Å². The van der Waals surface area contributed by atoms with Gasteiger partial charge in [-0.05, 0) is 49.7 Å². The molecule has 6 heteroatoms. The zero-order chi connectivity index (χ0) is 19.9. The van der Waals surface area contributed by atoms with Gasteiger partial charge >= 0.3 is 0 Å². The van der Waals surface area contributed by atoms with E-state index in [0.29, 0.717) is 28.8 Å². The van der Waals surface area contributed by atoms with Crippen molar-refractivity contribution in [3.05, 3.63) is 83.1 Å². The molecule has 1 N–H and O–H groups in total. The van der Waals surface area contributed by atoms with Crippen molar-refractivity contribution < 1.29 is 14.3 Å². The van der Waals surface area contributed by atoms with Crippen molar-refractivity contribution in [2.45, 2.75) is 26.6 Å². The van der Waals surface area contributed by atoms with Gasteiger partial charge in [0.05, 0.1) is 5.02 Å². The standard InChI is InChI=1S/C22H21ClN2O3/c1-15-8-9-20(23)21(11-15)28-16(2)22(26)25-18-6-3-7-19(12-18)27-14-17-5-4-10-24-13-17/h3-13,16H,14H2,1-2H3,(H,25,26). The Morgan fingerprint density at radius 1 is 1.18 bits per heavy atom. The minimum atomic E-state index is -0.709. The maximum absolute atomic E-state index is 12.5. The molecule has 0 aliphatic rings. The van der Waals surface area contributed by atoms with Gasteiger partial charge in [-0.3, -0.25) is 9.78 Å². The predicted molar refractivity (Wildman–Crippen MR) is 110 cm³/mol. The third-order valence-corrected chi connectivity index (χ3v) is 4.30. The highest BCUT2D eigenvalue weighted by Gasteiger charge is 2.16. The molecule has 3 rings (SSSR count). The number of hydrogen-bond acceptors (Lipinski definition) is 4. The Labute approximate surface area is 169 Å². The third-order valence-electron chi connectivity index (χ3n) is 3.99. The fourth-order valence-electron chi connectivity index (χ4n) is 2.50. The van der Waals surface area contributed by atoms with Crippen molar-refractivity contribution in [1.29, 1.82) is 0 Å². The molecule has 0 radical (unpaired) electrons. The van der Waals surface area contributed by atoms with E-state index in [1.165, 1.54) is 0 Å². The summed E-state index contributed by atoms with van der Waals surface area (Å²) in [4.78, 5) is 16.5. The van der Waals surface area contributed by atoms with Gasteiger partial charge in [0.15, 0.2) is 6.10 Å². The molecule has 1 amide bonds. The number of carbonyl (C=O) groups is 1. The molecule has 0 saturated heterocycles. The molecular formula is C22H21ClN2O3. The molecule has 1 aromatic heterocycles. The highest BCUT2D eigenvalue weighted by atomic mass is 35.5. The molecule has 1 unspecified atom stereocenters. The number of nitrogens with zero attached hydrogens (tertiary/aromatic N) is 1. The molecule has 0 fully saturated rings. The fourth-order valence-corrected chi connectivity index (χ4v) is 2.66. The Hall–Kier alpha value is -3.05. The number of ether oxygens (including phenoxy) is 2. The summed E-state index contributed by atoms with van der Waals surface area (Å²) < 4.78 is 11.5. The zero-order valence-electron chi connectivity index (χ0n) is 15.7. The van der Waals surface area contributed by atoms with Gasteiger partial charge in [0, 0.05) is 29.7 Å². The van der Waals surface area contributed by atoms with Crippen molar-refractivity contribution in [2.75, 3.05) is 5.32 Å². The first-order chi connectivity index (χ1) is 13.5. The number of pyridine rings is 1. The summed E-state index contributed by atoms with van der Waals surface area (Å²) >= 11 is 6.13. The van der Waals surface area contributed by atoms with Crippen LogP contribution in [0.25, 0.3) is 0 Å². The van der Waals surface area contributed by atoms with Crippen LogP contribution in [0.15, 0.2) is 67.0 Å². The van der Waals surface area contributed by atoms with E-state index >= 15 is 0 Å². The minimum Gasteiger partial charge on any atom is -0.489 e. The van der Waals surface area contributed by atoms with E-state index in [1.54, 1.807) is 43.6 Å². The van der Waals surface area contributed by atoms with Gasteiger partial charge < -0.3 is 14.8 Å². The summed E-state index contributed by atoms with van der Waals surface area (Å²) in [5, 5.41) is 3.30. The summed E-state index contributed by atoms with van der Waals surface area (Å²) in [6, 6.07) is 16.4. The molecular weight excluding hydrogens is 376 g/mol. The predicted octanol–water partition coefficient (Wildman–Crippen LogP) is 5.03. The van der Waals surface area contributed by atoms with E-state index in [9.17, 15) is 4.79 Å². The van der Waals surface area contributed by atoms with Crippen LogP contribution >= 0.6 is 11.6 Å². The molecule has 28 heavy (non-hydrogen) atoms. The average Bonchev–Trinajstić information content (AvgIpc) is 2.70. The van der Waals surface area contributed by atoms with Crippen LogP contribution in [0.1, 0.15) is 18.1 Å². The number of benzene rings is 2. The van der Waals surface area contributed by atoms with Gasteiger partial charge in [0.1, 0.15) is 18.1 Å². The first-order valence-corrected chi connectivity index (χ1v) is 9.24. The molecule has 2 aromatic carbocycles. The molecule has 0 bridgehead atoms. The summed E-state index contributed by atoms with van der Waals surface area (Å²) in [6.07, 6.45) is 2.76. The highest BCUT2D eigenvalue weighted by molar-refractivity contribution is 6.32. The van der Waals surface area contributed by atoms with Gasteiger partial charge in [-0.15, -0.1) is 0 Å². The van der Waals surface area contributed by atoms with Crippen LogP contribution in [0, 0.1) is 6.92 Å². The van der Waals surface area contributed by atoms with E-state index in [0.717, 1.165) is 11.1 Å². The topological polar surface area (TPSA) is 60.5 Å².